The van der Waals surface area contributed by atoms with Crippen molar-refractivity contribution < 1.29 is 4.79 Å². The Bertz CT molecular complexity index is 876. The summed E-state index contributed by atoms with van der Waals surface area (Å²) >= 11 is 1.16. The maximum atomic E-state index is 12.3. The molecule has 2 aromatic heterocycles. The van der Waals surface area contributed by atoms with Gasteiger partial charge < -0.3 is 10.6 Å². The molecular weight excluding hydrogens is 324 g/mol. The van der Waals surface area contributed by atoms with Crippen molar-refractivity contribution in [2.24, 2.45) is 0 Å². The molecule has 3 aromatic rings. The smallest absolute Gasteiger partial charge is 0.224 e. The van der Waals surface area contributed by atoms with Crippen molar-refractivity contribution in [3.8, 4) is 0 Å². The Morgan fingerprint density at radius 1 is 1.42 bits per heavy atom. The van der Waals surface area contributed by atoms with Crippen LogP contribution in [0.2, 0.25) is 0 Å². The molecule has 1 aliphatic rings. The van der Waals surface area contributed by atoms with Gasteiger partial charge in [0.2, 0.25) is 5.91 Å². The Labute approximate surface area is 143 Å². The van der Waals surface area contributed by atoms with Crippen molar-refractivity contribution in [2.45, 2.75) is 32.9 Å². The lowest BCUT2D eigenvalue weighted by atomic mass is 10.1. The Hall–Kier alpha value is -2.32. The molecule has 0 aliphatic carbocycles. The molecule has 2 N–H and O–H groups in total. The van der Waals surface area contributed by atoms with Gasteiger partial charge in [-0.3, -0.25) is 9.48 Å². The molecule has 1 aromatic carbocycles. The van der Waals surface area contributed by atoms with Gasteiger partial charge in [-0.2, -0.15) is 13.8 Å². The summed E-state index contributed by atoms with van der Waals surface area (Å²) in [5, 5.41) is 10.9. The van der Waals surface area contributed by atoms with E-state index in [0.717, 1.165) is 59.3 Å². The van der Waals surface area contributed by atoms with E-state index in [0.29, 0.717) is 12.8 Å². The summed E-state index contributed by atoms with van der Waals surface area (Å²) in [6, 6.07) is 5.96. The van der Waals surface area contributed by atoms with E-state index in [1.807, 2.05) is 23.7 Å². The minimum absolute atomic E-state index is 0.0253. The Kier molecular flexibility index (Phi) is 3.99. The predicted octanol–water partition coefficient (Wildman–Crippen LogP) is 1.87. The standard InChI is InChI=1S/C16H18N6OS/c1-10-2-4-13-16(21-24-20-13)15(10)18-14(23)5-3-11-8-12-9-17-6-7-22(12)19-11/h2,4,8,17H,3,5-7,9H2,1H3,(H,18,23). The van der Waals surface area contributed by atoms with Crippen LogP contribution >= 0.6 is 11.7 Å². The average Bonchev–Trinajstić information content (AvgIpc) is 3.21. The zero-order valence-corrected chi connectivity index (χ0v) is 14.2. The lowest BCUT2D eigenvalue weighted by molar-refractivity contribution is -0.116. The van der Waals surface area contributed by atoms with Crippen molar-refractivity contribution in [1.29, 1.82) is 0 Å². The van der Waals surface area contributed by atoms with Crippen molar-refractivity contribution in [3.05, 3.63) is 35.2 Å². The summed E-state index contributed by atoms with van der Waals surface area (Å²) in [6.45, 7) is 4.64. The van der Waals surface area contributed by atoms with Crippen molar-refractivity contribution in [2.75, 3.05) is 11.9 Å². The zero-order chi connectivity index (χ0) is 16.5. The fourth-order valence-electron chi connectivity index (χ4n) is 2.93. The van der Waals surface area contributed by atoms with Gasteiger partial charge in [0.15, 0.2) is 0 Å². The maximum Gasteiger partial charge on any atom is 0.224 e. The van der Waals surface area contributed by atoms with Crippen LogP contribution in [0.1, 0.15) is 23.4 Å². The topological polar surface area (TPSA) is 84.7 Å². The second-order valence-electron chi connectivity index (χ2n) is 5.96. The van der Waals surface area contributed by atoms with Crippen LogP contribution < -0.4 is 10.6 Å². The number of benzene rings is 1. The molecule has 0 unspecified atom stereocenters. The van der Waals surface area contributed by atoms with Crippen LogP contribution in [0.4, 0.5) is 5.69 Å². The van der Waals surface area contributed by atoms with E-state index in [1.54, 1.807) is 0 Å². The van der Waals surface area contributed by atoms with E-state index in [1.165, 1.54) is 5.69 Å². The third-order valence-electron chi connectivity index (χ3n) is 4.23. The Balaban J connectivity index is 1.44. The predicted molar refractivity (Wildman–Crippen MR) is 93.0 cm³/mol. The number of nitrogens with zero attached hydrogens (tertiary/aromatic N) is 4. The third kappa shape index (κ3) is 2.90. The van der Waals surface area contributed by atoms with Gasteiger partial charge in [-0.05, 0) is 24.6 Å². The second kappa shape index (κ2) is 6.29. The lowest BCUT2D eigenvalue weighted by Crippen LogP contribution is -2.28. The van der Waals surface area contributed by atoms with Crippen molar-refractivity contribution in [3.63, 3.8) is 0 Å². The number of aromatic nitrogens is 4. The molecule has 0 saturated heterocycles. The van der Waals surface area contributed by atoms with Crippen LogP contribution in [0.5, 0.6) is 0 Å². The molecule has 8 heteroatoms. The molecule has 0 bridgehead atoms. The summed E-state index contributed by atoms with van der Waals surface area (Å²) in [6.07, 6.45) is 1.04. The first-order valence-corrected chi connectivity index (χ1v) is 8.72. The Morgan fingerprint density at radius 2 is 2.33 bits per heavy atom. The highest BCUT2D eigenvalue weighted by molar-refractivity contribution is 7.00. The van der Waals surface area contributed by atoms with Crippen molar-refractivity contribution in [1.82, 2.24) is 23.8 Å². The van der Waals surface area contributed by atoms with Crippen LogP contribution in [0.25, 0.3) is 11.0 Å². The highest BCUT2D eigenvalue weighted by Gasteiger charge is 2.14. The first kappa shape index (κ1) is 15.2. The number of carbonyl (C=O) groups is 1. The molecule has 0 fully saturated rings. The number of aryl methyl sites for hydroxylation is 2. The monoisotopic (exact) mass is 342 g/mol. The maximum absolute atomic E-state index is 12.3. The lowest BCUT2D eigenvalue weighted by Gasteiger charge is -2.13. The first-order chi connectivity index (χ1) is 11.7. The van der Waals surface area contributed by atoms with Gasteiger partial charge in [0.05, 0.1) is 35.3 Å². The number of fused-ring (bicyclic) bond motifs is 2. The fourth-order valence-corrected chi connectivity index (χ4v) is 3.47. The molecule has 24 heavy (non-hydrogen) atoms. The van der Waals surface area contributed by atoms with Crippen molar-refractivity contribution >= 4 is 34.4 Å². The summed E-state index contributed by atoms with van der Waals surface area (Å²) in [4.78, 5) is 12.3. The van der Waals surface area contributed by atoms with E-state index < -0.39 is 0 Å². The number of amides is 1. The summed E-state index contributed by atoms with van der Waals surface area (Å²) in [5.74, 6) is -0.0253. The summed E-state index contributed by atoms with van der Waals surface area (Å²) in [5.41, 5.74) is 5.48. The number of nitrogens with one attached hydrogen (secondary N) is 2. The number of rotatable bonds is 4. The molecule has 0 saturated carbocycles. The van der Waals surface area contributed by atoms with Crippen LogP contribution in [0.15, 0.2) is 18.2 Å². The van der Waals surface area contributed by atoms with Gasteiger partial charge in [0.25, 0.3) is 0 Å². The fraction of sp³-hybridized carbons (Fsp3) is 0.375. The molecule has 0 radical (unpaired) electrons. The first-order valence-electron chi connectivity index (χ1n) is 7.99. The van der Waals surface area contributed by atoms with Gasteiger partial charge in [0, 0.05) is 25.9 Å². The molecule has 1 aliphatic heterocycles. The number of anilines is 1. The van der Waals surface area contributed by atoms with Gasteiger partial charge in [-0.25, -0.2) is 0 Å². The molecule has 0 atom stereocenters. The van der Waals surface area contributed by atoms with Gasteiger partial charge in [-0.1, -0.05) is 6.07 Å². The van der Waals surface area contributed by atoms with Crippen LogP contribution in [-0.4, -0.2) is 31.0 Å². The van der Waals surface area contributed by atoms with Gasteiger partial charge in [-0.15, -0.1) is 0 Å². The third-order valence-corrected chi connectivity index (χ3v) is 4.77. The second-order valence-corrected chi connectivity index (χ2v) is 6.49. The SMILES string of the molecule is Cc1ccc2nsnc2c1NC(=O)CCc1cc2n(n1)CCNC2. The van der Waals surface area contributed by atoms with E-state index >= 15 is 0 Å². The quantitative estimate of drug-likeness (QED) is 0.756. The summed E-state index contributed by atoms with van der Waals surface area (Å²) in [7, 11) is 0. The number of hydrogen-bond acceptors (Lipinski definition) is 6. The van der Waals surface area contributed by atoms with Gasteiger partial charge in [0.1, 0.15) is 11.0 Å². The molecule has 7 nitrogen and oxygen atoms in total. The Morgan fingerprint density at radius 3 is 3.21 bits per heavy atom. The molecule has 124 valence electrons. The van der Waals surface area contributed by atoms with E-state index in [2.05, 4.69) is 30.5 Å². The molecule has 3 heterocycles. The average molecular weight is 342 g/mol. The van der Waals surface area contributed by atoms with E-state index in [9.17, 15) is 4.79 Å². The summed E-state index contributed by atoms with van der Waals surface area (Å²) < 4.78 is 10.5. The minimum atomic E-state index is -0.0253. The zero-order valence-electron chi connectivity index (χ0n) is 13.4. The van der Waals surface area contributed by atoms with Crippen LogP contribution in [0.3, 0.4) is 0 Å². The van der Waals surface area contributed by atoms with E-state index in [4.69, 9.17) is 0 Å². The molecule has 1 amide bonds. The molecular formula is C16H18N6OS. The normalized spacial score (nSPS) is 13.9. The minimum Gasteiger partial charge on any atom is -0.324 e. The van der Waals surface area contributed by atoms with E-state index in [-0.39, 0.29) is 5.91 Å². The number of carbonyl (C=O) groups excluding carboxylic acids is 1. The largest absolute Gasteiger partial charge is 0.324 e. The number of hydrogen-bond donors (Lipinski definition) is 2. The van der Waals surface area contributed by atoms with Gasteiger partial charge >= 0.3 is 0 Å². The highest BCUT2D eigenvalue weighted by Crippen LogP contribution is 2.25. The highest BCUT2D eigenvalue weighted by atomic mass is 32.1. The van der Waals surface area contributed by atoms with Crippen LogP contribution in [-0.2, 0) is 24.3 Å². The van der Waals surface area contributed by atoms with Crippen LogP contribution in [0, 0.1) is 6.92 Å². The molecule has 0 spiro atoms. The molecule has 4 rings (SSSR count).